The van der Waals surface area contributed by atoms with Crippen LogP contribution >= 0.6 is 11.3 Å². The number of amides is 3. The zero-order valence-corrected chi connectivity index (χ0v) is 15.0. The Kier molecular flexibility index (Phi) is 6.71. The number of anilines is 1. The van der Waals surface area contributed by atoms with Gasteiger partial charge in [-0.1, -0.05) is 18.2 Å². The standard InChI is InChI=1S/C18H21N3O3S/c1-12(2)20-16(22)9-10-19-17(23)13-6-3-4-7-14(13)21-18(24)15-8-5-11-25-15/h3-8,11-12H,9-10H2,1-2H3,(H,19,23)(H,20,22)(H,21,24). The fourth-order valence-electron chi connectivity index (χ4n) is 2.16. The second-order valence-electron chi connectivity index (χ2n) is 5.71. The first kappa shape index (κ1) is 18.7. The Morgan fingerprint density at radius 1 is 1.04 bits per heavy atom. The van der Waals surface area contributed by atoms with Crippen LogP contribution in [0.3, 0.4) is 0 Å². The Hall–Kier alpha value is -2.67. The molecule has 3 N–H and O–H groups in total. The van der Waals surface area contributed by atoms with Gasteiger partial charge in [-0.2, -0.15) is 0 Å². The van der Waals surface area contributed by atoms with Crippen LogP contribution in [0.2, 0.25) is 0 Å². The molecular formula is C18H21N3O3S. The van der Waals surface area contributed by atoms with E-state index in [1.54, 1.807) is 36.4 Å². The molecule has 0 spiro atoms. The van der Waals surface area contributed by atoms with E-state index in [-0.39, 0.29) is 36.7 Å². The van der Waals surface area contributed by atoms with Crippen LogP contribution in [0.25, 0.3) is 0 Å². The number of thiophene rings is 1. The topological polar surface area (TPSA) is 87.3 Å². The second-order valence-corrected chi connectivity index (χ2v) is 6.65. The number of hydrogen-bond acceptors (Lipinski definition) is 4. The van der Waals surface area contributed by atoms with Gasteiger partial charge in [-0.3, -0.25) is 14.4 Å². The minimum atomic E-state index is -0.334. The molecule has 0 saturated heterocycles. The van der Waals surface area contributed by atoms with Crippen LogP contribution in [0.1, 0.15) is 40.3 Å². The highest BCUT2D eigenvalue weighted by molar-refractivity contribution is 7.12. The molecule has 0 aliphatic rings. The highest BCUT2D eigenvalue weighted by Crippen LogP contribution is 2.17. The average molecular weight is 359 g/mol. The molecule has 2 aromatic rings. The zero-order chi connectivity index (χ0) is 18.2. The van der Waals surface area contributed by atoms with Gasteiger partial charge in [0.05, 0.1) is 16.1 Å². The van der Waals surface area contributed by atoms with E-state index in [0.29, 0.717) is 16.1 Å². The Balaban J connectivity index is 1.96. The molecule has 3 amide bonds. The summed E-state index contributed by atoms with van der Waals surface area (Å²) in [6.45, 7) is 3.98. The first-order valence-corrected chi connectivity index (χ1v) is 8.87. The molecule has 132 valence electrons. The van der Waals surface area contributed by atoms with Gasteiger partial charge in [0.1, 0.15) is 0 Å². The first-order chi connectivity index (χ1) is 12.0. The summed E-state index contributed by atoms with van der Waals surface area (Å²) in [7, 11) is 0. The van der Waals surface area contributed by atoms with E-state index < -0.39 is 0 Å². The summed E-state index contributed by atoms with van der Waals surface area (Å²) in [5.74, 6) is -0.708. The Labute approximate surface area is 150 Å². The minimum Gasteiger partial charge on any atom is -0.354 e. The monoisotopic (exact) mass is 359 g/mol. The predicted octanol–water partition coefficient (Wildman–Crippen LogP) is 2.64. The molecule has 1 aromatic carbocycles. The van der Waals surface area contributed by atoms with Gasteiger partial charge < -0.3 is 16.0 Å². The van der Waals surface area contributed by atoms with Crippen LogP contribution in [0.15, 0.2) is 41.8 Å². The summed E-state index contributed by atoms with van der Waals surface area (Å²) in [5, 5.41) is 10.0. The Morgan fingerprint density at radius 2 is 1.80 bits per heavy atom. The van der Waals surface area contributed by atoms with E-state index in [1.807, 2.05) is 19.2 Å². The molecule has 0 atom stereocenters. The van der Waals surface area contributed by atoms with E-state index in [2.05, 4.69) is 16.0 Å². The van der Waals surface area contributed by atoms with Crippen LogP contribution in [0.4, 0.5) is 5.69 Å². The number of rotatable bonds is 7. The Morgan fingerprint density at radius 3 is 2.48 bits per heavy atom. The smallest absolute Gasteiger partial charge is 0.265 e. The van der Waals surface area contributed by atoms with Crippen LogP contribution in [-0.4, -0.2) is 30.3 Å². The fourth-order valence-corrected chi connectivity index (χ4v) is 2.78. The molecule has 0 bridgehead atoms. The molecule has 0 aliphatic heterocycles. The predicted molar refractivity (Wildman–Crippen MR) is 98.9 cm³/mol. The third kappa shape index (κ3) is 5.72. The van der Waals surface area contributed by atoms with Gasteiger partial charge in [-0.05, 0) is 37.4 Å². The summed E-state index contributed by atoms with van der Waals surface area (Å²) in [4.78, 5) is 36.7. The van der Waals surface area contributed by atoms with E-state index in [0.717, 1.165) is 0 Å². The third-order valence-electron chi connectivity index (χ3n) is 3.25. The van der Waals surface area contributed by atoms with Crippen molar-refractivity contribution in [1.29, 1.82) is 0 Å². The van der Waals surface area contributed by atoms with Crippen molar-refractivity contribution in [2.45, 2.75) is 26.3 Å². The number of para-hydroxylation sites is 1. The van der Waals surface area contributed by atoms with Gasteiger partial charge in [0.25, 0.3) is 11.8 Å². The number of carbonyl (C=O) groups excluding carboxylic acids is 3. The minimum absolute atomic E-state index is 0.0661. The lowest BCUT2D eigenvalue weighted by Crippen LogP contribution is -2.34. The van der Waals surface area contributed by atoms with Crippen LogP contribution in [0.5, 0.6) is 0 Å². The largest absolute Gasteiger partial charge is 0.354 e. The van der Waals surface area contributed by atoms with E-state index in [4.69, 9.17) is 0 Å². The van der Waals surface area contributed by atoms with Crippen molar-refractivity contribution in [2.75, 3.05) is 11.9 Å². The summed E-state index contributed by atoms with van der Waals surface area (Å²) in [6.07, 6.45) is 0.202. The van der Waals surface area contributed by atoms with Crippen molar-refractivity contribution < 1.29 is 14.4 Å². The lowest BCUT2D eigenvalue weighted by atomic mass is 10.1. The van der Waals surface area contributed by atoms with Gasteiger partial charge in [-0.25, -0.2) is 0 Å². The highest BCUT2D eigenvalue weighted by Gasteiger charge is 2.14. The highest BCUT2D eigenvalue weighted by atomic mass is 32.1. The lowest BCUT2D eigenvalue weighted by molar-refractivity contribution is -0.121. The molecule has 1 heterocycles. The summed E-state index contributed by atoms with van der Waals surface area (Å²) < 4.78 is 0. The average Bonchev–Trinajstić information content (AvgIpc) is 3.09. The van der Waals surface area contributed by atoms with Crippen molar-refractivity contribution in [1.82, 2.24) is 10.6 Å². The maximum Gasteiger partial charge on any atom is 0.265 e. The van der Waals surface area contributed by atoms with Crippen molar-refractivity contribution >= 4 is 34.7 Å². The number of hydrogen-bond donors (Lipinski definition) is 3. The molecule has 0 aliphatic carbocycles. The normalized spacial score (nSPS) is 10.4. The summed E-state index contributed by atoms with van der Waals surface area (Å²) in [6, 6.07) is 10.4. The maximum absolute atomic E-state index is 12.3. The molecule has 25 heavy (non-hydrogen) atoms. The van der Waals surface area contributed by atoms with Gasteiger partial charge in [0.15, 0.2) is 0 Å². The van der Waals surface area contributed by atoms with Gasteiger partial charge >= 0.3 is 0 Å². The molecule has 0 saturated carbocycles. The van der Waals surface area contributed by atoms with Crippen LogP contribution < -0.4 is 16.0 Å². The molecule has 7 heteroatoms. The van der Waals surface area contributed by atoms with Crippen molar-refractivity contribution in [3.05, 3.63) is 52.2 Å². The zero-order valence-electron chi connectivity index (χ0n) is 14.2. The molecular weight excluding hydrogens is 338 g/mol. The number of nitrogens with one attached hydrogen (secondary N) is 3. The molecule has 0 radical (unpaired) electrons. The van der Waals surface area contributed by atoms with Gasteiger partial charge in [0.2, 0.25) is 5.91 Å². The fraction of sp³-hybridized carbons (Fsp3) is 0.278. The Bertz CT molecular complexity index is 742. The van der Waals surface area contributed by atoms with Gasteiger partial charge in [-0.15, -0.1) is 11.3 Å². The summed E-state index contributed by atoms with van der Waals surface area (Å²) in [5.41, 5.74) is 0.793. The SMILES string of the molecule is CC(C)NC(=O)CCNC(=O)c1ccccc1NC(=O)c1cccs1. The summed E-state index contributed by atoms with van der Waals surface area (Å²) >= 11 is 1.33. The van der Waals surface area contributed by atoms with E-state index >= 15 is 0 Å². The molecule has 0 fully saturated rings. The molecule has 6 nitrogen and oxygen atoms in total. The van der Waals surface area contributed by atoms with Crippen molar-refractivity contribution in [2.24, 2.45) is 0 Å². The van der Waals surface area contributed by atoms with Crippen molar-refractivity contribution in [3.63, 3.8) is 0 Å². The number of carbonyl (C=O) groups is 3. The number of benzene rings is 1. The molecule has 2 rings (SSSR count). The lowest BCUT2D eigenvalue weighted by Gasteiger charge is -2.12. The first-order valence-electron chi connectivity index (χ1n) is 7.99. The van der Waals surface area contributed by atoms with E-state index in [9.17, 15) is 14.4 Å². The quantitative estimate of drug-likeness (QED) is 0.710. The molecule has 0 unspecified atom stereocenters. The van der Waals surface area contributed by atoms with Crippen LogP contribution in [0, 0.1) is 0 Å². The third-order valence-corrected chi connectivity index (χ3v) is 4.12. The maximum atomic E-state index is 12.3. The van der Waals surface area contributed by atoms with Crippen molar-refractivity contribution in [3.8, 4) is 0 Å². The second kappa shape index (κ2) is 8.98. The molecule has 1 aromatic heterocycles. The van der Waals surface area contributed by atoms with Crippen LogP contribution in [-0.2, 0) is 4.79 Å². The van der Waals surface area contributed by atoms with E-state index in [1.165, 1.54) is 11.3 Å². The van der Waals surface area contributed by atoms with Gasteiger partial charge in [0, 0.05) is 19.0 Å².